The van der Waals surface area contributed by atoms with Crippen LogP contribution in [0.4, 0.5) is 0 Å². The summed E-state index contributed by atoms with van der Waals surface area (Å²) in [6.07, 6.45) is 2.60. The molecule has 0 aliphatic rings. The Morgan fingerprint density at radius 2 is 2.21 bits per heavy atom. The summed E-state index contributed by atoms with van der Waals surface area (Å²) >= 11 is 5.10. The normalized spacial score (nSPS) is 10.2. The molecule has 14 heavy (non-hydrogen) atoms. The standard InChI is InChI=1S/C11H13BrOS/c1-3-11(13)10-5-4-9(14-2)6-8(10)7-12/h4-6H,3,7H2,1-2H3. The van der Waals surface area contributed by atoms with E-state index in [4.69, 9.17) is 0 Å². The first kappa shape index (κ1) is 11.8. The van der Waals surface area contributed by atoms with Crippen LogP contribution in [0.25, 0.3) is 0 Å². The van der Waals surface area contributed by atoms with Gasteiger partial charge in [0.1, 0.15) is 0 Å². The highest BCUT2D eigenvalue weighted by atomic mass is 79.9. The van der Waals surface area contributed by atoms with Crippen LogP contribution in [0.3, 0.4) is 0 Å². The van der Waals surface area contributed by atoms with Gasteiger partial charge in [0, 0.05) is 22.2 Å². The van der Waals surface area contributed by atoms with Crippen LogP contribution in [0.2, 0.25) is 0 Å². The summed E-state index contributed by atoms with van der Waals surface area (Å²) in [7, 11) is 0. The van der Waals surface area contributed by atoms with Crippen molar-refractivity contribution < 1.29 is 4.79 Å². The zero-order valence-electron chi connectivity index (χ0n) is 8.34. The van der Waals surface area contributed by atoms with E-state index in [-0.39, 0.29) is 5.78 Å². The maximum atomic E-state index is 11.6. The average Bonchev–Trinajstić information content (AvgIpc) is 2.27. The number of hydrogen-bond donors (Lipinski definition) is 0. The van der Waals surface area contributed by atoms with Crippen molar-refractivity contribution in [1.29, 1.82) is 0 Å². The van der Waals surface area contributed by atoms with E-state index in [1.807, 2.05) is 25.3 Å². The Kier molecular flexibility index (Phi) is 4.69. The van der Waals surface area contributed by atoms with Crippen molar-refractivity contribution in [3.8, 4) is 0 Å². The van der Waals surface area contributed by atoms with Gasteiger partial charge in [-0.25, -0.2) is 0 Å². The van der Waals surface area contributed by atoms with Crippen LogP contribution in [0.15, 0.2) is 23.1 Å². The summed E-state index contributed by atoms with van der Waals surface area (Å²) in [6, 6.07) is 6.00. The Bertz CT molecular complexity index is 336. The summed E-state index contributed by atoms with van der Waals surface area (Å²) in [5.74, 6) is 0.215. The van der Waals surface area contributed by atoms with Crippen molar-refractivity contribution in [2.45, 2.75) is 23.6 Å². The average molecular weight is 273 g/mol. The highest BCUT2D eigenvalue weighted by Crippen LogP contribution is 2.22. The van der Waals surface area contributed by atoms with E-state index in [1.54, 1.807) is 11.8 Å². The minimum atomic E-state index is 0.215. The smallest absolute Gasteiger partial charge is 0.162 e. The van der Waals surface area contributed by atoms with E-state index >= 15 is 0 Å². The molecule has 3 heteroatoms. The zero-order valence-corrected chi connectivity index (χ0v) is 10.7. The van der Waals surface area contributed by atoms with E-state index in [2.05, 4.69) is 22.0 Å². The molecule has 0 amide bonds. The predicted molar refractivity (Wildman–Crippen MR) is 65.5 cm³/mol. The fourth-order valence-corrected chi connectivity index (χ4v) is 2.20. The number of alkyl halides is 1. The molecule has 0 unspecified atom stereocenters. The lowest BCUT2D eigenvalue weighted by Crippen LogP contribution is -2.01. The Hall–Kier alpha value is -0.280. The van der Waals surface area contributed by atoms with Crippen LogP contribution in [-0.4, -0.2) is 12.0 Å². The van der Waals surface area contributed by atoms with Gasteiger partial charge in [0.25, 0.3) is 0 Å². The number of Topliss-reactive ketones (excluding diaryl/α,β-unsaturated/α-hetero) is 1. The second-order valence-electron chi connectivity index (χ2n) is 2.93. The molecule has 1 rings (SSSR count). The summed E-state index contributed by atoms with van der Waals surface area (Å²) in [5.41, 5.74) is 1.94. The number of carbonyl (C=O) groups is 1. The van der Waals surface area contributed by atoms with Crippen LogP contribution < -0.4 is 0 Å². The van der Waals surface area contributed by atoms with Crippen LogP contribution in [-0.2, 0) is 5.33 Å². The number of thioether (sulfide) groups is 1. The molecular weight excluding hydrogens is 260 g/mol. The Balaban J connectivity index is 3.11. The second-order valence-corrected chi connectivity index (χ2v) is 4.37. The molecule has 0 fully saturated rings. The SMILES string of the molecule is CCC(=O)c1ccc(SC)cc1CBr. The molecule has 0 atom stereocenters. The number of rotatable bonds is 4. The largest absolute Gasteiger partial charge is 0.294 e. The monoisotopic (exact) mass is 272 g/mol. The fourth-order valence-electron chi connectivity index (χ4n) is 1.27. The molecule has 0 bridgehead atoms. The van der Waals surface area contributed by atoms with Gasteiger partial charge in [-0.05, 0) is 30.0 Å². The molecule has 1 aromatic carbocycles. The lowest BCUT2D eigenvalue weighted by Gasteiger charge is -2.06. The van der Waals surface area contributed by atoms with Gasteiger partial charge in [-0.15, -0.1) is 11.8 Å². The molecular formula is C11H13BrOS. The van der Waals surface area contributed by atoms with E-state index in [0.29, 0.717) is 6.42 Å². The van der Waals surface area contributed by atoms with E-state index < -0.39 is 0 Å². The maximum Gasteiger partial charge on any atom is 0.162 e. The molecule has 0 aromatic heterocycles. The van der Waals surface area contributed by atoms with Crippen molar-refractivity contribution in [2.24, 2.45) is 0 Å². The first-order chi connectivity index (χ1) is 6.72. The highest BCUT2D eigenvalue weighted by molar-refractivity contribution is 9.08. The fraction of sp³-hybridized carbons (Fsp3) is 0.364. The summed E-state index contributed by atoms with van der Waals surface area (Å²) in [5, 5.41) is 0.739. The van der Waals surface area contributed by atoms with Gasteiger partial charge in [-0.3, -0.25) is 4.79 Å². The van der Waals surface area contributed by atoms with Gasteiger partial charge < -0.3 is 0 Å². The quantitative estimate of drug-likeness (QED) is 0.470. The molecule has 0 saturated heterocycles. The molecule has 0 spiro atoms. The Labute approximate surface area is 97.4 Å². The zero-order chi connectivity index (χ0) is 10.6. The lowest BCUT2D eigenvalue weighted by molar-refractivity contribution is 0.0987. The van der Waals surface area contributed by atoms with Gasteiger partial charge in [0.15, 0.2) is 5.78 Å². The van der Waals surface area contributed by atoms with Crippen molar-refractivity contribution in [2.75, 3.05) is 6.26 Å². The number of hydrogen-bond acceptors (Lipinski definition) is 2. The van der Waals surface area contributed by atoms with Crippen molar-refractivity contribution in [1.82, 2.24) is 0 Å². The number of halogens is 1. The minimum Gasteiger partial charge on any atom is -0.294 e. The van der Waals surface area contributed by atoms with E-state index in [9.17, 15) is 4.79 Å². The Morgan fingerprint density at radius 3 is 2.71 bits per heavy atom. The molecule has 0 radical (unpaired) electrons. The van der Waals surface area contributed by atoms with E-state index in [1.165, 1.54) is 4.90 Å². The number of ketones is 1. The van der Waals surface area contributed by atoms with Gasteiger partial charge in [-0.1, -0.05) is 22.9 Å². The molecule has 0 aliphatic carbocycles. The highest BCUT2D eigenvalue weighted by Gasteiger charge is 2.08. The molecule has 0 N–H and O–H groups in total. The third-order valence-electron chi connectivity index (χ3n) is 2.08. The van der Waals surface area contributed by atoms with Gasteiger partial charge in [0.2, 0.25) is 0 Å². The van der Waals surface area contributed by atoms with Crippen LogP contribution in [0, 0.1) is 0 Å². The van der Waals surface area contributed by atoms with Crippen molar-refractivity contribution in [3.05, 3.63) is 29.3 Å². The number of carbonyl (C=O) groups excluding carboxylic acids is 1. The van der Waals surface area contributed by atoms with Crippen molar-refractivity contribution >= 4 is 33.5 Å². The molecule has 0 saturated carbocycles. The maximum absolute atomic E-state index is 11.6. The topological polar surface area (TPSA) is 17.1 Å². The van der Waals surface area contributed by atoms with Crippen molar-refractivity contribution in [3.63, 3.8) is 0 Å². The third-order valence-corrected chi connectivity index (χ3v) is 3.41. The predicted octanol–water partition coefficient (Wildman–Crippen LogP) is 3.90. The van der Waals surface area contributed by atoms with Crippen LogP contribution in [0.5, 0.6) is 0 Å². The minimum absolute atomic E-state index is 0.215. The summed E-state index contributed by atoms with van der Waals surface area (Å²) in [4.78, 5) is 12.8. The first-order valence-electron chi connectivity index (χ1n) is 4.49. The second kappa shape index (κ2) is 5.56. The Morgan fingerprint density at radius 1 is 1.50 bits per heavy atom. The summed E-state index contributed by atoms with van der Waals surface area (Å²) < 4.78 is 0. The van der Waals surface area contributed by atoms with Gasteiger partial charge >= 0.3 is 0 Å². The molecule has 76 valence electrons. The molecule has 0 aliphatic heterocycles. The van der Waals surface area contributed by atoms with Gasteiger partial charge in [-0.2, -0.15) is 0 Å². The lowest BCUT2D eigenvalue weighted by atomic mass is 10.0. The third kappa shape index (κ3) is 2.61. The van der Waals surface area contributed by atoms with Gasteiger partial charge in [0.05, 0.1) is 0 Å². The van der Waals surface area contributed by atoms with Crippen LogP contribution in [0.1, 0.15) is 29.3 Å². The van der Waals surface area contributed by atoms with Crippen LogP contribution >= 0.6 is 27.7 Å². The molecule has 1 aromatic rings. The first-order valence-corrected chi connectivity index (χ1v) is 6.83. The van der Waals surface area contributed by atoms with E-state index in [0.717, 1.165) is 16.5 Å². The molecule has 0 heterocycles. The summed E-state index contributed by atoms with van der Waals surface area (Å²) in [6.45, 7) is 1.89. The number of benzene rings is 1. The molecule has 1 nitrogen and oxygen atoms in total.